The Labute approximate surface area is 191 Å². The van der Waals surface area contributed by atoms with Crippen molar-refractivity contribution in [1.29, 1.82) is 0 Å². The number of amides is 1. The van der Waals surface area contributed by atoms with E-state index in [2.05, 4.69) is 13.8 Å². The normalized spacial score (nSPS) is 22.7. The van der Waals surface area contributed by atoms with Crippen LogP contribution in [-0.2, 0) is 14.8 Å². The van der Waals surface area contributed by atoms with Crippen LogP contribution in [0.3, 0.4) is 0 Å². The summed E-state index contributed by atoms with van der Waals surface area (Å²) in [6.45, 7) is 6.02. The number of carbonyl (C=O) groups is 1. The maximum Gasteiger partial charge on any atom is 0.278 e. The Balaban J connectivity index is 1.91. The van der Waals surface area contributed by atoms with Gasteiger partial charge in [0.05, 0.1) is 16.1 Å². The quantitative estimate of drug-likeness (QED) is 0.536. The average Bonchev–Trinajstić information content (AvgIpc) is 2.88. The lowest BCUT2D eigenvalue weighted by molar-refractivity contribution is -0.123. The standard InChI is InChI=1S/C22H21Cl2NO3S2/c1-13(2)29-19-12-18-20(17-7-5-4-6-16(17)19)22(23,24)21(26)25(18)30(27,28)15-10-8-14(3)9-11-15/h4-13,19-20H,1-3H3/t19-,20+/m1/s1. The molecule has 4 nitrogen and oxygen atoms in total. The van der Waals surface area contributed by atoms with Gasteiger partial charge in [-0.15, -0.1) is 11.8 Å². The fraction of sp³-hybridized carbons (Fsp3) is 0.318. The Morgan fingerprint density at radius 2 is 1.63 bits per heavy atom. The van der Waals surface area contributed by atoms with Crippen LogP contribution in [0, 0.1) is 6.92 Å². The van der Waals surface area contributed by atoms with E-state index >= 15 is 0 Å². The maximum atomic E-state index is 13.5. The Kier molecular flexibility index (Phi) is 5.50. The number of sulfonamides is 1. The van der Waals surface area contributed by atoms with Crippen LogP contribution in [0.1, 0.15) is 41.7 Å². The van der Waals surface area contributed by atoms with Gasteiger partial charge in [0.1, 0.15) is 0 Å². The molecule has 0 bridgehead atoms. The second kappa shape index (κ2) is 7.59. The van der Waals surface area contributed by atoms with Crippen molar-refractivity contribution in [3.63, 3.8) is 0 Å². The molecular formula is C22H21Cl2NO3S2. The van der Waals surface area contributed by atoms with Crippen LogP contribution in [0.2, 0.25) is 0 Å². The Hall–Kier alpha value is -1.47. The van der Waals surface area contributed by atoms with Gasteiger partial charge < -0.3 is 0 Å². The van der Waals surface area contributed by atoms with Gasteiger partial charge in [-0.25, -0.2) is 12.7 Å². The van der Waals surface area contributed by atoms with Crippen molar-refractivity contribution in [2.24, 2.45) is 0 Å². The van der Waals surface area contributed by atoms with E-state index in [4.69, 9.17) is 23.2 Å². The molecule has 8 heteroatoms. The number of allylic oxidation sites excluding steroid dienone is 1. The minimum absolute atomic E-state index is 0.0269. The number of aryl methyl sites for hydroxylation is 1. The molecule has 0 aromatic heterocycles. The van der Waals surface area contributed by atoms with Crippen LogP contribution in [-0.4, -0.2) is 28.2 Å². The number of nitrogens with zero attached hydrogens (tertiary/aromatic N) is 1. The zero-order valence-corrected chi connectivity index (χ0v) is 19.8. The number of thioether (sulfide) groups is 1. The SMILES string of the molecule is Cc1ccc(S(=O)(=O)N2C(=O)C(Cl)(Cl)[C@@H]3C2=C[C@@H](SC(C)C)c2ccccc23)cc1. The first-order chi connectivity index (χ1) is 14.0. The number of hydrogen-bond acceptors (Lipinski definition) is 4. The highest BCUT2D eigenvalue weighted by molar-refractivity contribution is 8.00. The molecule has 0 unspecified atom stereocenters. The lowest BCUT2D eigenvalue weighted by Crippen LogP contribution is -2.36. The van der Waals surface area contributed by atoms with Gasteiger partial charge >= 0.3 is 0 Å². The van der Waals surface area contributed by atoms with Crippen molar-refractivity contribution >= 4 is 50.9 Å². The van der Waals surface area contributed by atoms with Crippen molar-refractivity contribution in [2.45, 2.75) is 46.4 Å². The summed E-state index contributed by atoms with van der Waals surface area (Å²) < 4.78 is 25.9. The van der Waals surface area contributed by atoms with E-state index in [-0.39, 0.29) is 10.1 Å². The summed E-state index contributed by atoms with van der Waals surface area (Å²) >= 11 is 14.8. The predicted octanol–water partition coefficient (Wildman–Crippen LogP) is 5.56. The topological polar surface area (TPSA) is 54.5 Å². The lowest BCUT2D eigenvalue weighted by Gasteiger charge is -2.31. The Morgan fingerprint density at radius 1 is 1.03 bits per heavy atom. The molecule has 1 saturated heterocycles. The van der Waals surface area contributed by atoms with Crippen molar-refractivity contribution in [3.05, 3.63) is 77.0 Å². The smallest absolute Gasteiger partial charge is 0.270 e. The predicted molar refractivity (Wildman–Crippen MR) is 122 cm³/mol. The van der Waals surface area contributed by atoms with Crippen molar-refractivity contribution in [2.75, 3.05) is 0 Å². The van der Waals surface area contributed by atoms with Crippen LogP contribution in [0.4, 0.5) is 0 Å². The molecule has 0 radical (unpaired) electrons. The summed E-state index contributed by atoms with van der Waals surface area (Å²) in [7, 11) is -4.16. The molecule has 2 aliphatic rings. The first-order valence-electron chi connectivity index (χ1n) is 9.55. The molecular weight excluding hydrogens is 461 g/mol. The second-order valence-electron chi connectivity index (χ2n) is 7.77. The Morgan fingerprint density at radius 3 is 2.23 bits per heavy atom. The monoisotopic (exact) mass is 481 g/mol. The zero-order valence-electron chi connectivity index (χ0n) is 16.7. The lowest BCUT2D eigenvalue weighted by atomic mass is 9.84. The van der Waals surface area contributed by atoms with Crippen molar-refractivity contribution in [1.82, 2.24) is 4.31 Å². The van der Waals surface area contributed by atoms with Gasteiger partial charge in [0.2, 0.25) is 4.33 Å². The largest absolute Gasteiger partial charge is 0.278 e. The van der Waals surface area contributed by atoms with Gasteiger partial charge in [-0.1, -0.05) is 79.0 Å². The fourth-order valence-corrected chi connectivity index (χ4v) is 7.34. The third kappa shape index (κ3) is 3.38. The van der Waals surface area contributed by atoms with E-state index in [1.165, 1.54) is 12.1 Å². The molecule has 0 saturated carbocycles. The van der Waals surface area contributed by atoms with Gasteiger partial charge in [-0.05, 0) is 41.5 Å². The van der Waals surface area contributed by atoms with Crippen LogP contribution >= 0.6 is 35.0 Å². The van der Waals surface area contributed by atoms with E-state index in [0.29, 0.717) is 10.9 Å². The number of alkyl halides is 2. The van der Waals surface area contributed by atoms with E-state index in [1.54, 1.807) is 23.9 Å². The molecule has 2 aromatic rings. The highest BCUT2D eigenvalue weighted by atomic mass is 35.5. The van der Waals surface area contributed by atoms with Gasteiger partial charge in [0.15, 0.2) is 0 Å². The second-order valence-corrected chi connectivity index (χ2v) is 12.7. The van der Waals surface area contributed by atoms with Crippen molar-refractivity contribution in [3.8, 4) is 0 Å². The third-order valence-electron chi connectivity index (χ3n) is 5.28. The molecule has 1 heterocycles. The maximum absolute atomic E-state index is 13.5. The molecule has 2 atom stereocenters. The number of halogens is 2. The first-order valence-corrected chi connectivity index (χ1v) is 12.7. The molecule has 0 N–H and O–H groups in total. The van der Waals surface area contributed by atoms with E-state index in [1.807, 2.05) is 37.3 Å². The first kappa shape index (κ1) is 21.8. The number of carbonyl (C=O) groups excluding carboxylic acids is 1. The van der Waals surface area contributed by atoms with Crippen LogP contribution in [0.15, 0.2) is 65.2 Å². The molecule has 158 valence electrons. The summed E-state index contributed by atoms with van der Waals surface area (Å²) in [5.74, 6) is -1.60. The summed E-state index contributed by atoms with van der Waals surface area (Å²) in [6.07, 6.45) is 1.83. The van der Waals surface area contributed by atoms with Crippen LogP contribution < -0.4 is 0 Å². The van der Waals surface area contributed by atoms with Crippen molar-refractivity contribution < 1.29 is 13.2 Å². The molecule has 0 spiro atoms. The van der Waals surface area contributed by atoms with E-state index in [0.717, 1.165) is 21.0 Å². The van der Waals surface area contributed by atoms with E-state index < -0.39 is 26.2 Å². The average molecular weight is 482 g/mol. The Bertz CT molecular complexity index is 1140. The molecule has 4 rings (SSSR count). The number of benzene rings is 2. The van der Waals surface area contributed by atoms with Gasteiger partial charge in [-0.3, -0.25) is 4.79 Å². The molecule has 2 aromatic carbocycles. The van der Waals surface area contributed by atoms with Crippen LogP contribution in [0.25, 0.3) is 0 Å². The summed E-state index contributed by atoms with van der Waals surface area (Å²) in [5.41, 5.74) is 3.02. The molecule has 30 heavy (non-hydrogen) atoms. The number of fused-ring (bicyclic) bond motifs is 3. The molecule has 1 amide bonds. The molecule has 1 aliphatic heterocycles. The van der Waals surface area contributed by atoms with Crippen LogP contribution in [0.5, 0.6) is 0 Å². The summed E-state index contributed by atoms with van der Waals surface area (Å²) in [5, 5.41) is 0.186. The third-order valence-corrected chi connectivity index (χ3v) is 8.99. The fourth-order valence-electron chi connectivity index (χ4n) is 3.94. The summed E-state index contributed by atoms with van der Waals surface area (Å²) in [4.78, 5) is 13.3. The minimum atomic E-state index is -4.16. The highest BCUT2D eigenvalue weighted by Crippen LogP contribution is 2.58. The minimum Gasteiger partial charge on any atom is -0.270 e. The van der Waals surface area contributed by atoms with E-state index in [9.17, 15) is 13.2 Å². The number of rotatable bonds is 4. The highest BCUT2D eigenvalue weighted by Gasteiger charge is 2.61. The number of hydrogen-bond donors (Lipinski definition) is 0. The van der Waals surface area contributed by atoms with Gasteiger partial charge in [-0.2, -0.15) is 0 Å². The van der Waals surface area contributed by atoms with Gasteiger partial charge in [0, 0.05) is 5.70 Å². The molecule has 1 fully saturated rings. The zero-order chi connectivity index (χ0) is 21.8. The van der Waals surface area contributed by atoms with Gasteiger partial charge in [0.25, 0.3) is 15.9 Å². The molecule has 1 aliphatic carbocycles. The summed E-state index contributed by atoms with van der Waals surface area (Å²) in [6, 6.07) is 14.0.